The number of hydrogen-bond acceptors (Lipinski definition) is 3. The molecule has 1 rings (SSSR count). The molecule has 1 heterocycles. The van der Waals surface area contributed by atoms with Gasteiger partial charge in [-0.2, -0.15) is 0 Å². The molecule has 1 atom stereocenters. The summed E-state index contributed by atoms with van der Waals surface area (Å²) in [6, 6.07) is 0.00771. The number of hydrogen-bond donors (Lipinski definition) is 2. The number of amides is 1. The third-order valence-electron chi connectivity index (χ3n) is 4.25. The van der Waals surface area contributed by atoms with E-state index in [1.54, 1.807) is 0 Å². The van der Waals surface area contributed by atoms with Crippen LogP contribution in [0.5, 0.6) is 0 Å². The zero-order valence-corrected chi connectivity index (χ0v) is 14.6. The van der Waals surface area contributed by atoms with Crippen molar-refractivity contribution in [3.8, 4) is 0 Å². The van der Waals surface area contributed by atoms with Crippen molar-refractivity contribution < 1.29 is 4.79 Å². The Morgan fingerprint density at radius 2 is 1.62 bits per heavy atom. The highest BCUT2D eigenvalue weighted by Crippen LogP contribution is 2.18. The summed E-state index contributed by atoms with van der Waals surface area (Å²) in [4.78, 5) is 14.4. The Morgan fingerprint density at radius 1 is 1.05 bits per heavy atom. The standard InChI is InChI=1S/C17H35N3O/c1-13(2)10-18-12-16-6-8-20(9-7-16)15(5)17(21)19-11-14(3)4/h13-16,18H,6-12H2,1-5H3,(H,19,21). The number of carbonyl (C=O) groups excluding carboxylic acids is 1. The SMILES string of the molecule is CC(C)CNCC1CCN(C(C)C(=O)NCC(C)C)CC1. The van der Waals surface area contributed by atoms with Crippen molar-refractivity contribution in [1.29, 1.82) is 0 Å². The maximum absolute atomic E-state index is 12.1. The van der Waals surface area contributed by atoms with Crippen LogP contribution in [0.15, 0.2) is 0 Å². The van der Waals surface area contributed by atoms with E-state index in [1.165, 1.54) is 12.8 Å². The first-order chi connectivity index (χ1) is 9.90. The molecule has 4 heteroatoms. The summed E-state index contributed by atoms with van der Waals surface area (Å²) in [5, 5.41) is 6.60. The fourth-order valence-corrected chi connectivity index (χ4v) is 2.74. The molecule has 0 aromatic heterocycles. The molecule has 1 unspecified atom stereocenters. The first-order valence-electron chi connectivity index (χ1n) is 8.62. The van der Waals surface area contributed by atoms with Gasteiger partial charge < -0.3 is 10.6 Å². The minimum absolute atomic E-state index is 0.00771. The average Bonchev–Trinajstić information content (AvgIpc) is 2.44. The van der Waals surface area contributed by atoms with Gasteiger partial charge in [-0.15, -0.1) is 0 Å². The average molecular weight is 297 g/mol. The molecule has 21 heavy (non-hydrogen) atoms. The second-order valence-corrected chi connectivity index (χ2v) is 7.35. The smallest absolute Gasteiger partial charge is 0.237 e. The van der Waals surface area contributed by atoms with Crippen LogP contribution in [0.2, 0.25) is 0 Å². The molecule has 124 valence electrons. The van der Waals surface area contributed by atoms with Gasteiger partial charge in [0.05, 0.1) is 6.04 Å². The Labute approximate surface area is 131 Å². The predicted octanol–water partition coefficient (Wildman–Crippen LogP) is 2.10. The first kappa shape index (κ1) is 18.4. The van der Waals surface area contributed by atoms with Crippen LogP contribution in [-0.2, 0) is 4.79 Å². The Balaban J connectivity index is 2.23. The Morgan fingerprint density at radius 3 is 2.14 bits per heavy atom. The molecule has 0 aromatic rings. The summed E-state index contributed by atoms with van der Waals surface area (Å²) < 4.78 is 0. The quantitative estimate of drug-likeness (QED) is 0.721. The highest BCUT2D eigenvalue weighted by molar-refractivity contribution is 5.81. The summed E-state index contributed by atoms with van der Waals surface area (Å²) in [5.41, 5.74) is 0. The number of rotatable bonds is 8. The second kappa shape index (κ2) is 9.42. The minimum atomic E-state index is 0.00771. The zero-order valence-electron chi connectivity index (χ0n) is 14.6. The van der Waals surface area contributed by atoms with E-state index in [-0.39, 0.29) is 11.9 Å². The fourth-order valence-electron chi connectivity index (χ4n) is 2.74. The van der Waals surface area contributed by atoms with E-state index in [0.717, 1.165) is 44.6 Å². The molecule has 0 aliphatic carbocycles. The number of piperidine rings is 1. The van der Waals surface area contributed by atoms with E-state index in [0.29, 0.717) is 5.92 Å². The van der Waals surface area contributed by atoms with Gasteiger partial charge in [-0.3, -0.25) is 9.69 Å². The molecule has 1 fully saturated rings. The van der Waals surface area contributed by atoms with Crippen molar-refractivity contribution in [2.75, 3.05) is 32.7 Å². The van der Waals surface area contributed by atoms with E-state index in [1.807, 2.05) is 6.92 Å². The van der Waals surface area contributed by atoms with E-state index < -0.39 is 0 Å². The lowest BCUT2D eigenvalue weighted by Crippen LogP contribution is -2.49. The summed E-state index contributed by atoms with van der Waals surface area (Å²) in [6.07, 6.45) is 2.40. The Hall–Kier alpha value is -0.610. The summed E-state index contributed by atoms with van der Waals surface area (Å²) in [5.74, 6) is 2.18. The number of nitrogens with zero attached hydrogens (tertiary/aromatic N) is 1. The maximum atomic E-state index is 12.1. The van der Waals surface area contributed by atoms with Gasteiger partial charge in [0.15, 0.2) is 0 Å². The number of nitrogens with one attached hydrogen (secondary N) is 2. The Bertz CT molecular complexity index is 296. The van der Waals surface area contributed by atoms with Crippen molar-refractivity contribution in [3.63, 3.8) is 0 Å². The second-order valence-electron chi connectivity index (χ2n) is 7.35. The van der Waals surface area contributed by atoms with Gasteiger partial charge in [0.1, 0.15) is 0 Å². The van der Waals surface area contributed by atoms with E-state index in [9.17, 15) is 4.79 Å². The maximum Gasteiger partial charge on any atom is 0.237 e. The normalized spacial score (nSPS) is 19.2. The molecule has 1 amide bonds. The summed E-state index contributed by atoms with van der Waals surface area (Å²) in [6.45, 7) is 15.9. The van der Waals surface area contributed by atoms with Crippen molar-refractivity contribution >= 4 is 5.91 Å². The van der Waals surface area contributed by atoms with Crippen LogP contribution in [0, 0.1) is 17.8 Å². The van der Waals surface area contributed by atoms with Crippen molar-refractivity contribution in [2.24, 2.45) is 17.8 Å². The lowest BCUT2D eigenvalue weighted by molar-refractivity contribution is -0.126. The van der Waals surface area contributed by atoms with Gasteiger partial charge in [0.25, 0.3) is 0 Å². The molecular weight excluding hydrogens is 262 g/mol. The third kappa shape index (κ3) is 7.28. The van der Waals surface area contributed by atoms with E-state index >= 15 is 0 Å². The monoisotopic (exact) mass is 297 g/mol. The summed E-state index contributed by atoms with van der Waals surface area (Å²) >= 11 is 0. The van der Waals surface area contributed by atoms with Gasteiger partial charge in [0.2, 0.25) is 5.91 Å². The Kier molecular flexibility index (Phi) is 8.27. The van der Waals surface area contributed by atoms with Crippen molar-refractivity contribution in [2.45, 2.75) is 53.5 Å². The molecule has 2 N–H and O–H groups in total. The van der Waals surface area contributed by atoms with Crippen molar-refractivity contribution in [1.82, 2.24) is 15.5 Å². The fraction of sp³-hybridized carbons (Fsp3) is 0.941. The highest BCUT2D eigenvalue weighted by Gasteiger charge is 2.26. The molecule has 0 spiro atoms. The van der Waals surface area contributed by atoms with Gasteiger partial charge in [0, 0.05) is 6.54 Å². The third-order valence-corrected chi connectivity index (χ3v) is 4.25. The van der Waals surface area contributed by atoms with Crippen LogP contribution in [0.1, 0.15) is 47.5 Å². The molecule has 1 aliphatic rings. The largest absolute Gasteiger partial charge is 0.354 e. The topological polar surface area (TPSA) is 44.4 Å². The predicted molar refractivity (Wildman–Crippen MR) is 89.3 cm³/mol. The molecule has 1 aliphatic heterocycles. The van der Waals surface area contributed by atoms with Gasteiger partial charge in [-0.1, -0.05) is 27.7 Å². The molecular formula is C17H35N3O. The van der Waals surface area contributed by atoms with E-state index in [2.05, 4.69) is 43.2 Å². The molecule has 0 saturated carbocycles. The minimum Gasteiger partial charge on any atom is -0.354 e. The lowest BCUT2D eigenvalue weighted by Gasteiger charge is -2.35. The first-order valence-corrected chi connectivity index (χ1v) is 8.62. The van der Waals surface area contributed by atoms with Crippen LogP contribution in [0.25, 0.3) is 0 Å². The number of carbonyl (C=O) groups is 1. The van der Waals surface area contributed by atoms with Crippen LogP contribution in [0.3, 0.4) is 0 Å². The van der Waals surface area contributed by atoms with Crippen LogP contribution < -0.4 is 10.6 Å². The van der Waals surface area contributed by atoms with Gasteiger partial charge in [-0.05, 0) is 63.7 Å². The molecule has 0 aromatic carbocycles. The van der Waals surface area contributed by atoms with Gasteiger partial charge >= 0.3 is 0 Å². The summed E-state index contributed by atoms with van der Waals surface area (Å²) in [7, 11) is 0. The zero-order chi connectivity index (χ0) is 15.8. The van der Waals surface area contributed by atoms with Crippen LogP contribution in [-0.4, -0.2) is 49.6 Å². The van der Waals surface area contributed by atoms with Crippen LogP contribution in [0.4, 0.5) is 0 Å². The molecule has 1 saturated heterocycles. The van der Waals surface area contributed by atoms with E-state index in [4.69, 9.17) is 0 Å². The van der Waals surface area contributed by atoms with Gasteiger partial charge in [-0.25, -0.2) is 0 Å². The highest BCUT2D eigenvalue weighted by atomic mass is 16.2. The lowest BCUT2D eigenvalue weighted by atomic mass is 9.95. The molecule has 0 radical (unpaired) electrons. The molecule has 4 nitrogen and oxygen atoms in total. The van der Waals surface area contributed by atoms with Crippen LogP contribution >= 0.6 is 0 Å². The number of likely N-dealkylation sites (tertiary alicyclic amines) is 1. The molecule has 0 bridgehead atoms. The van der Waals surface area contributed by atoms with Crippen molar-refractivity contribution in [3.05, 3.63) is 0 Å².